The Morgan fingerprint density at radius 2 is 2.06 bits per heavy atom. The van der Waals surface area contributed by atoms with Crippen LogP contribution in [-0.2, 0) is 4.79 Å². The molecule has 1 saturated carbocycles. The van der Waals surface area contributed by atoms with E-state index < -0.39 is 0 Å². The number of carbonyl (C=O) groups excluding carboxylic acids is 1. The number of carbonyl (C=O) groups is 1. The maximum Gasteiger partial charge on any atom is 0.237 e. The largest absolute Gasteiger partial charge is 0.352 e. The highest BCUT2D eigenvalue weighted by molar-refractivity contribution is 5.85. The highest BCUT2D eigenvalue weighted by atomic mass is 35.5. The lowest BCUT2D eigenvalue weighted by atomic mass is 9.79. The predicted octanol–water partition coefficient (Wildman–Crippen LogP) is 2.87. The molecule has 0 radical (unpaired) electrons. The first-order valence-electron chi connectivity index (χ1n) is 7.10. The van der Waals surface area contributed by atoms with Crippen LogP contribution in [0.25, 0.3) is 0 Å². The van der Waals surface area contributed by atoms with Crippen molar-refractivity contribution in [3.05, 3.63) is 0 Å². The minimum absolute atomic E-state index is 0. The van der Waals surface area contributed by atoms with Crippen molar-refractivity contribution >= 4 is 18.3 Å². The number of hydrogen-bond donors (Lipinski definition) is 2. The molecule has 0 bridgehead atoms. The first kappa shape index (κ1) is 17.7. The smallest absolute Gasteiger partial charge is 0.237 e. The lowest BCUT2D eigenvalue weighted by Crippen LogP contribution is -2.47. The fraction of sp³-hybridized carbons (Fsp3) is 0.929. The molecule has 1 aliphatic carbocycles. The molecule has 0 aromatic heterocycles. The Morgan fingerprint density at radius 3 is 2.61 bits per heavy atom. The average Bonchev–Trinajstić information content (AvgIpc) is 2.29. The van der Waals surface area contributed by atoms with Gasteiger partial charge in [-0.05, 0) is 31.1 Å². The van der Waals surface area contributed by atoms with Crippen molar-refractivity contribution in [1.29, 1.82) is 0 Å². The zero-order chi connectivity index (χ0) is 12.8. The molecular formula is C14H29ClN2O. The third-order valence-corrected chi connectivity index (χ3v) is 3.94. The maximum atomic E-state index is 11.8. The van der Waals surface area contributed by atoms with E-state index in [1.165, 1.54) is 12.8 Å². The second-order valence-corrected chi connectivity index (χ2v) is 5.77. The van der Waals surface area contributed by atoms with Crippen LogP contribution in [0.1, 0.15) is 59.3 Å². The van der Waals surface area contributed by atoms with Gasteiger partial charge < -0.3 is 11.1 Å². The number of hydrogen-bond acceptors (Lipinski definition) is 2. The zero-order valence-corrected chi connectivity index (χ0v) is 12.8. The molecule has 3 unspecified atom stereocenters. The van der Waals surface area contributed by atoms with Gasteiger partial charge in [0.05, 0.1) is 6.04 Å². The quantitative estimate of drug-likeness (QED) is 0.811. The van der Waals surface area contributed by atoms with Crippen molar-refractivity contribution < 1.29 is 4.79 Å². The fourth-order valence-electron chi connectivity index (χ4n) is 2.71. The monoisotopic (exact) mass is 276 g/mol. The van der Waals surface area contributed by atoms with E-state index in [4.69, 9.17) is 5.73 Å². The van der Waals surface area contributed by atoms with Crippen LogP contribution < -0.4 is 11.1 Å². The summed E-state index contributed by atoms with van der Waals surface area (Å²) >= 11 is 0. The second kappa shape index (κ2) is 8.76. The Labute approximate surface area is 118 Å². The topological polar surface area (TPSA) is 55.1 Å². The fourth-order valence-corrected chi connectivity index (χ4v) is 2.71. The number of nitrogens with one attached hydrogen (secondary N) is 1. The molecule has 3 N–H and O–H groups in total. The van der Waals surface area contributed by atoms with Gasteiger partial charge in [-0.2, -0.15) is 0 Å². The van der Waals surface area contributed by atoms with Crippen LogP contribution in [0.4, 0.5) is 0 Å². The molecule has 0 aromatic rings. The van der Waals surface area contributed by atoms with Gasteiger partial charge in [0.1, 0.15) is 0 Å². The predicted molar refractivity (Wildman–Crippen MR) is 78.9 cm³/mol. The van der Waals surface area contributed by atoms with Gasteiger partial charge in [-0.1, -0.05) is 40.0 Å². The van der Waals surface area contributed by atoms with E-state index in [1.807, 2.05) is 0 Å². The van der Waals surface area contributed by atoms with Crippen LogP contribution in [0, 0.1) is 11.8 Å². The molecule has 1 amide bonds. The summed E-state index contributed by atoms with van der Waals surface area (Å²) in [5, 5.41) is 3.12. The van der Waals surface area contributed by atoms with Gasteiger partial charge in [-0.3, -0.25) is 4.79 Å². The van der Waals surface area contributed by atoms with Crippen LogP contribution in [-0.4, -0.2) is 18.0 Å². The van der Waals surface area contributed by atoms with Gasteiger partial charge in [-0.25, -0.2) is 0 Å². The van der Waals surface area contributed by atoms with Gasteiger partial charge >= 0.3 is 0 Å². The van der Waals surface area contributed by atoms with Crippen LogP contribution >= 0.6 is 12.4 Å². The first-order chi connectivity index (χ1) is 8.04. The molecule has 0 aromatic carbocycles. The lowest BCUT2D eigenvalue weighted by Gasteiger charge is -2.32. The van der Waals surface area contributed by atoms with E-state index >= 15 is 0 Å². The highest BCUT2D eigenvalue weighted by Gasteiger charge is 2.26. The van der Waals surface area contributed by atoms with E-state index in [2.05, 4.69) is 26.1 Å². The Bertz CT molecular complexity index is 246. The SMILES string of the molecule is CCCC(N)C(=O)NC1CCCC(C(C)C)C1.Cl. The zero-order valence-electron chi connectivity index (χ0n) is 11.9. The minimum Gasteiger partial charge on any atom is -0.352 e. The van der Waals surface area contributed by atoms with Gasteiger partial charge in [0.15, 0.2) is 0 Å². The van der Waals surface area contributed by atoms with Crippen LogP contribution in [0.2, 0.25) is 0 Å². The minimum atomic E-state index is -0.320. The summed E-state index contributed by atoms with van der Waals surface area (Å²) in [5.74, 6) is 1.52. The summed E-state index contributed by atoms with van der Waals surface area (Å²) in [6, 6.07) is 0.0333. The van der Waals surface area contributed by atoms with Crippen molar-refractivity contribution in [2.24, 2.45) is 17.6 Å². The van der Waals surface area contributed by atoms with Crippen molar-refractivity contribution in [2.45, 2.75) is 71.4 Å². The highest BCUT2D eigenvalue weighted by Crippen LogP contribution is 2.29. The molecule has 3 nitrogen and oxygen atoms in total. The summed E-state index contributed by atoms with van der Waals surface area (Å²) < 4.78 is 0. The Balaban J connectivity index is 0.00000289. The van der Waals surface area contributed by atoms with Crippen molar-refractivity contribution in [2.75, 3.05) is 0 Å². The number of amides is 1. The molecule has 4 heteroatoms. The molecule has 1 aliphatic rings. The lowest BCUT2D eigenvalue weighted by molar-refractivity contribution is -0.123. The Morgan fingerprint density at radius 1 is 1.39 bits per heavy atom. The summed E-state index contributed by atoms with van der Waals surface area (Å²) in [6.45, 7) is 6.61. The van der Waals surface area contributed by atoms with Crippen molar-refractivity contribution in [3.63, 3.8) is 0 Å². The second-order valence-electron chi connectivity index (χ2n) is 5.77. The summed E-state index contributed by atoms with van der Waals surface area (Å²) in [7, 11) is 0. The van der Waals surface area contributed by atoms with Crippen LogP contribution in [0.5, 0.6) is 0 Å². The number of nitrogens with two attached hydrogens (primary N) is 1. The molecule has 1 rings (SSSR count). The van der Waals surface area contributed by atoms with Crippen LogP contribution in [0.3, 0.4) is 0 Å². The van der Waals surface area contributed by atoms with Crippen LogP contribution in [0.15, 0.2) is 0 Å². The molecule has 3 atom stereocenters. The van der Waals surface area contributed by atoms with Gasteiger partial charge in [-0.15, -0.1) is 12.4 Å². The summed E-state index contributed by atoms with van der Waals surface area (Å²) in [4.78, 5) is 11.8. The Hall–Kier alpha value is -0.280. The van der Waals surface area contributed by atoms with Gasteiger partial charge in [0, 0.05) is 6.04 Å². The molecule has 0 spiro atoms. The maximum absolute atomic E-state index is 11.8. The molecular weight excluding hydrogens is 248 g/mol. The molecule has 0 heterocycles. The number of rotatable bonds is 5. The van der Waals surface area contributed by atoms with E-state index in [-0.39, 0.29) is 24.4 Å². The van der Waals surface area contributed by atoms with E-state index in [1.54, 1.807) is 0 Å². The summed E-state index contributed by atoms with van der Waals surface area (Å²) in [6.07, 6.45) is 6.54. The van der Waals surface area contributed by atoms with E-state index in [0.717, 1.165) is 37.5 Å². The standard InChI is InChI=1S/C14H28N2O.ClH/c1-4-6-13(15)14(17)16-12-8-5-7-11(9-12)10(2)3;/h10-13H,4-9,15H2,1-3H3,(H,16,17);1H. The van der Waals surface area contributed by atoms with Gasteiger partial charge in [0.2, 0.25) is 5.91 Å². The third-order valence-electron chi connectivity index (χ3n) is 3.94. The van der Waals surface area contributed by atoms with E-state index in [0.29, 0.717) is 6.04 Å². The Kier molecular flexibility index (Phi) is 8.62. The average molecular weight is 277 g/mol. The van der Waals surface area contributed by atoms with Crippen molar-refractivity contribution in [1.82, 2.24) is 5.32 Å². The molecule has 0 saturated heterocycles. The van der Waals surface area contributed by atoms with Gasteiger partial charge in [0.25, 0.3) is 0 Å². The summed E-state index contributed by atoms with van der Waals surface area (Å²) in [5.41, 5.74) is 5.83. The normalized spacial score (nSPS) is 25.4. The first-order valence-corrected chi connectivity index (χ1v) is 7.10. The molecule has 18 heavy (non-hydrogen) atoms. The third kappa shape index (κ3) is 5.57. The molecule has 0 aliphatic heterocycles. The van der Waals surface area contributed by atoms with E-state index in [9.17, 15) is 4.79 Å². The number of halogens is 1. The molecule has 108 valence electrons. The van der Waals surface area contributed by atoms with Crippen molar-refractivity contribution in [3.8, 4) is 0 Å². The molecule has 1 fully saturated rings.